The Bertz CT molecular complexity index is 609. The normalized spacial score (nSPS) is 12.1. The van der Waals surface area contributed by atoms with Crippen LogP contribution in [-0.4, -0.2) is 22.1 Å². The van der Waals surface area contributed by atoms with Crippen LogP contribution in [0.5, 0.6) is 0 Å². The molecule has 1 amide bonds. The molecule has 0 saturated heterocycles. The Morgan fingerprint density at radius 2 is 2.19 bits per heavy atom. The minimum Gasteiger partial charge on any atom is -0.334 e. The van der Waals surface area contributed by atoms with Gasteiger partial charge < -0.3 is 15.6 Å². The number of nitrogens with one attached hydrogen (secondary N) is 1. The summed E-state index contributed by atoms with van der Waals surface area (Å²) in [7, 11) is 0. The summed E-state index contributed by atoms with van der Waals surface area (Å²) in [4.78, 5) is 16.2. The zero-order chi connectivity index (χ0) is 15.2. The van der Waals surface area contributed by atoms with Gasteiger partial charge in [0.1, 0.15) is 0 Å². The van der Waals surface area contributed by atoms with Gasteiger partial charge in [-0.15, -0.1) is 0 Å². The van der Waals surface area contributed by atoms with Gasteiger partial charge in [-0.25, -0.2) is 0 Å². The fourth-order valence-electron chi connectivity index (χ4n) is 2.10. The molecule has 3 N–H and O–H groups in total. The van der Waals surface area contributed by atoms with Crippen LogP contribution in [0.2, 0.25) is 0 Å². The number of carbonyl (C=O) groups excluding carboxylic acids is 1. The van der Waals surface area contributed by atoms with E-state index in [1.54, 1.807) is 13.0 Å². The number of carbonyl (C=O) groups is 1. The quantitative estimate of drug-likeness (QED) is 0.851. The van der Waals surface area contributed by atoms with Gasteiger partial charge in [0.25, 0.3) is 5.89 Å². The fourth-order valence-corrected chi connectivity index (χ4v) is 2.10. The Morgan fingerprint density at radius 3 is 2.86 bits per heavy atom. The molecule has 1 unspecified atom stereocenters. The SMILES string of the molecule is CCCC(N)CC(=O)Nc1ccccc1-c1nc(C)no1. The summed E-state index contributed by atoms with van der Waals surface area (Å²) in [6.45, 7) is 3.79. The third-order valence-electron chi connectivity index (χ3n) is 3.07. The van der Waals surface area contributed by atoms with Crippen molar-refractivity contribution in [1.82, 2.24) is 10.1 Å². The molecule has 6 heteroatoms. The molecule has 2 rings (SSSR count). The molecule has 112 valence electrons. The van der Waals surface area contributed by atoms with Gasteiger partial charge in [0, 0.05) is 12.5 Å². The minimum absolute atomic E-state index is 0.111. The highest BCUT2D eigenvalue weighted by Crippen LogP contribution is 2.26. The highest BCUT2D eigenvalue weighted by Gasteiger charge is 2.14. The zero-order valence-electron chi connectivity index (χ0n) is 12.3. The monoisotopic (exact) mass is 288 g/mol. The molecule has 0 radical (unpaired) electrons. The molecular weight excluding hydrogens is 268 g/mol. The molecule has 1 atom stereocenters. The molecule has 21 heavy (non-hydrogen) atoms. The van der Waals surface area contributed by atoms with Crippen molar-refractivity contribution in [2.45, 2.75) is 39.2 Å². The number of aromatic nitrogens is 2. The molecular formula is C15H20N4O2. The molecule has 0 bridgehead atoms. The second kappa shape index (κ2) is 6.99. The van der Waals surface area contributed by atoms with Crippen LogP contribution in [0.4, 0.5) is 5.69 Å². The number of anilines is 1. The van der Waals surface area contributed by atoms with E-state index in [1.165, 1.54) is 0 Å². The first-order valence-electron chi connectivity index (χ1n) is 7.05. The van der Waals surface area contributed by atoms with Crippen LogP contribution in [0.25, 0.3) is 11.5 Å². The summed E-state index contributed by atoms with van der Waals surface area (Å²) in [5.74, 6) is 0.831. The van der Waals surface area contributed by atoms with Crippen LogP contribution in [0, 0.1) is 6.92 Å². The maximum Gasteiger partial charge on any atom is 0.260 e. The first-order chi connectivity index (χ1) is 10.1. The number of para-hydroxylation sites is 1. The maximum absolute atomic E-state index is 12.0. The highest BCUT2D eigenvalue weighted by molar-refractivity contribution is 5.94. The van der Waals surface area contributed by atoms with Crippen molar-refractivity contribution in [1.29, 1.82) is 0 Å². The van der Waals surface area contributed by atoms with E-state index in [0.717, 1.165) is 12.8 Å². The van der Waals surface area contributed by atoms with Crippen molar-refractivity contribution in [3.8, 4) is 11.5 Å². The van der Waals surface area contributed by atoms with Crippen molar-refractivity contribution >= 4 is 11.6 Å². The van der Waals surface area contributed by atoms with Gasteiger partial charge in [0.05, 0.1) is 11.3 Å². The Balaban J connectivity index is 2.12. The lowest BCUT2D eigenvalue weighted by molar-refractivity contribution is -0.116. The molecule has 0 aliphatic carbocycles. The molecule has 1 heterocycles. The molecule has 0 spiro atoms. The summed E-state index contributed by atoms with van der Waals surface area (Å²) in [5, 5.41) is 6.63. The first kappa shape index (κ1) is 15.2. The Hall–Kier alpha value is -2.21. The number of aryl methyl sites for hydroxylation is 1. The van der Waals surface area contributed by atoms with Gasteiger partial charge in [0.15, 0.2) is 5.82 Å². The number of nitrogens with zero attached hydrogens (tertiary/aromatic N) is 2. The molecule has 0 saturated carbocycles. The van der Waals surface area contributed by atoms with Crippen LogP contribution in [0.15, 0.2) is 28.8 Å². The summed E-state index contributed by atoms with van der Waals surface area (Å²) in [6, 6.07) is 7.21. The van der Waals surface area contributed by atoms with Gasteiger partial charge in [-0.1, -0.05) is 30.6 Å². The average molecular weight is 288 g/mol. The fraction of sp³-hybridized carbons (Fsp3) is 0.400. The summed E-state index contributed by atoms with van der Waals surface area (Å²) >= 11 is 0. The van der Waals surface area contributed by atoms with Crippen molar-refractivity contribution < 1.29 is 9.32 Å². The van der Waals surface area contributed by atoms with E-state index in [2.05, 4.69) is 15.5 Å². The topological polar surface area (TPSA) is 94.0 Å². The lowest BCUT2D eigenvalue weighted by Gasteiger charge is -2.12. The van der Waals surface area contributed by atoms with Crippen LogP contribution < -0.4 is 11.1 Å². The molecule has 6 nitrogen and oxygen atoms in total. The lowest BCUT2D eigenvalue weighted by atomic mass is 10.1. The van der Waals surface area contributed by atoms with Crippen LogP contribution in [0.3, 0.4) is 0 Å². The lowest BCUT2D eigenvalue weighted by Crippen LogP contribution is -2.27. The third-order valence-corrected chi connectivity index (χ3v) is 3.07. The minimum atomic E-state index is -0.118. The van der Waals surface area contributed by atoms with Crippen LogP contribution in [0.1, 0.15) is 32.0 Å². The number of hydrogen-bond acceptors (Lipinski definition) is 5. The third kappa shape index (κ3) is 4.13. The number of hydrogen-bond donors (Lipinski definition) is 2. The molecule has 0 aliphatic heterocycles. The van der Waals surface area contributed by atoms with E-state index in [0.29, 0.717) is 29.4 Å². The van der Waals surface area contributed by atoms with Crippen LogP contribution in [-0.2, 0) is 4.79 Å². The number of benzene rings is 1. The van der Waals surface area contributed by atoms with Crippen molar-refractivity contribution in [2.75, 3.05) is 5.32 Å². The predicted octanol–water partition coefficient (Wildman–Crippen LogP) is 2.50. The predicted molar refractivity (Wildman–Crippen MR) is 80.6 cm³/mol. The van der Waals surface area contributed by atoms with Crippen molar-refractivity contribution in [3.63, 3.8) is 0 Å². The van der Waals surface area contributed by atoms with E-state index in [9.17, 15) is 4.79 Å². The van der Waals surface area contributed by atoms with Gasteiger partial charge in [-0.05, 0) is 25.5 Å². The van der Waals surface area contributed by atoms with Gasteiger partial charge in [0.2, 0.25) is 5.91 Å². The highest BCUT2D eigenvalue weighted by atomic mass is 16.5. The number of amides is 1. The van der Waals surface area contributed by atoms with Crippen molar-refractivity contribution in [2.24, 2.45) is 5.73 Å². The average Bonchev–Trinajstić information content (AvgIpc) is 2.86. The number of rotatable bonds is 6. The van der Waals surface area contributed by atoms with Crippen molar-refractivity contribution in [3.05, 3.63) is 30.1 Å². The summed E-state index contributed by atoms with van der Waals surface area (Å²) in [6.07, 6.45) is 2.09. The largest absolute Gasteiger partial charge is 0.334 e. The van der Waals surface area contributed by atoms with E-state index in [-0.39, 0.29) is 11.9 Å². The van der Waals surface area contributed by atoms with E-state index < -0.39 is 0 Å². The van der Waals surface area contributed by atoms with E-state index in [1.807, 2.05) is 25.1 Å². The first-order valence-corrected chi connectivity index (χ1v) is 7.05. The summed E-state index contributed by atoms with van der Waals surface area (Å²) < 4.78 is 5.16. The standard InChI is InChI=1S/C15H20N4O2/c1-3-6-11(16)9-14(20)18-13-8-5-4-7-12(13)15-17-10(2)19-21-15/h4-5,7-8,11H,3,6,9,16H2,1-2H3,(H,18,20). The summed E-state index contributed by atoms with van der Waals surface area (Å²) in [5.41, 5.74) is 7.24. The Morgan fingerprint density at radius 1 is 1.43 bits per heavy atom. The zero-order valence-corrected chi connectivity index (χ0v) is 12.3. The van der Waals surface area contributed by atoms with Gasteiger partial charge in [-0.2, -0.15) is 4.98 Å². The molecule has 1 aromatic heterocycles. The van der Waals surface area contributed by atoms with E-state index in [4.69, 9.17) is 10.3 Å². The second-order valence-electron chi connectivity index (χ2n) is 4.99. The van der Waals surface area contributed by atoms with Crippen LogP contribution >= 0.6 is 0 Å². The molecule has 0 aliphatic rings. The maximum atomic E-state index is 12.0. The second-order valence-corrected chi connectivity index (χ2v) is 4.99. The smallest absolute Gasteiger partial charge is 0.260 e. The molecule has 1 aromatic carbocycles. The molecule has 0 fully saturated rings. The van der Waals surface area contributed by atoms with Gasteiger partial charge in [-0.3, -0.25) is 4.79 Å². The van der Waals surface area contributed by atoms with Gasteiger partial charge >= 0.3 is 0 Å². The Kier molecular flexibility index (Phi) is 5.05. The molecule has 2 aromatic rings. The van der Waals surface area contributed by atoms with E-state index >= 15 is 0 Å². The Labute approximate surface area is 123 Å². The number of nitrogens with two attached hydrogens (primary N) is 1.